The number of aromatic nitrogens is 1. The lowest BCUT2D eigenvalue weighted by Crippen LogP contribution is -2.60. The molecule has 1 aromatic carbocycles. The van der Waals surface area contributed by atoms with Crippen LogP contribution in [0.1, 0.15) is 22.5 Å². The molecule has 0 saturated carbocycles. The van der Waals surface area contributed by atoms with Crippen molar-refractivity contribution in [3.05, 3.63) is 65.7 Å². The van der Waals surface area contributed by atoms with Gasteiger partial charge in [-0.25, -0.2) is 4.39 Å². The molecule has 0 N–H and O–H groups in total. The molecule has 130 valence electrons. The van der Waals surface area contributed by atoms with Gasteiger partial charge in [-0.1, -0.05) is 12.1 Å². The Bertz CT molecular complexity index is 765. The Morgan fingerprint density at radius 2 is 2.20 bits per heavy atom. The van der Waals surface area contributed by atoms with Crippen molar-refractivity contribution in [1.82, 2.24) is 9.88 Å². The number of pyridine rings is 1. The van der Waals surface area contributed by atoms with E-state index in [0.29, 0.717) is 25.3 Å². The summed E-state index contributed by atoms with van der Waals surface area (Å²) in [6.07, 6.45) is 2.90. The van der Waals surface area contributed by atoms with Gasteiger partial charge in [-0.05, 0) is 36.8 Å². The summed E-state index contributed by atoms with van der Waals surface area (Å²) in [6.45, 7) is 1.93. The Kier molecular flexibility index (Phi) is 4.48. The molecule has 0 radical (unpaired) electrons. The molecule has 1 spiro atoms. The van der Waals surface area contributed by atoms with Crippen molar-refractivity contribution in [2.75, 3.05) is 18.8 Å². The Morgan fingerprint density at radius 3 is 2.96 bits per heavy atom. The van der Waals surface area contributed by atoms with Crippen LogP contribution in [-0.4, -0.2) is 45.5 Å². The van der Waals surface area contributed by atoms with Gasteiger partial charge in [0.05, 0.1) is 23.2 Å². The fraction of sp³-hybridized carbons (Fsp3) is 0.368. The fourth-order valence-corrected chi connectivity index (χ4v) is 4.97. The zero-order valence-corrected chi connectivity index (χ0v) is 14.5. The average Bonchev–Trinajstić information content (AvgIpc) is 3.04. The van der Waals surface area contributed by atoms with Crippen molar-refractivity contribution in [2.45, 2.75) is 23.9 Å². The molecule has 0 bridgehead atoms. The summed E-state index contributed by atoms with van der Waals surface area (Å²) in [7, 11) is 0. The van der Waals surface area contributed by atoms with E-state index in [1.807, 2.05) is 30.0 Å². The lowest BCUT2D eigenvalue weighted by Gasteiger charge is -2.47. The van der Waals surface area contributed by atoms with Gasteiger partial charge >= 0.3 is 0 Å². The summed E-state index contributed by atoms with van der Waals surface area (Å²) < 4.78 is 19.4. The first-order chi connectivity index (χ1) is 12.1. The van der Waals surface area contributed by atoms with E-state index in [0.717, 1.165) is 17.9 Å². The number of carbonyl (C=O) groups is 1. The first-order valence-corrected chi connectivity index (χ1v) is 9.32. The lowest BCUT2D eigenvalue weighted by molar-refractivity contribution is 0.0245. The summed E-state index contributed by atoms with van der Waals surface area (Å²) in [5.74, 6) is 0.470. The Balaban J connectivity index is 1.29. The highest BCUT2D eigenvalue weighted by Crippen LogP contribution is 2.46. The van der Waals surface area contributed by atoms with E-state index in [9.17, 15) is 9.18 Å². The highest BCUT2D eigenvalue weighted by atomic mass is 32.2. The van der Waals surface area contributed by atoms with Crippen molar-refractivity contribution in [3.8, 4) is 0 Å². The number of likely N-dealkylation sites (tertiary alicyclic amines) is 1. The third-order valence-electron chi connectivity index (χ3n) is 4.68. The topological polar surface area (TPSA) is 42.4 Å². The second-order valence-corrected chi connectivity index (χ2v) is 8.11. The number of halogens is 1. The molecule has 2 fully saturated rings. The number of nitrogens with zero attached hydrogens (tertiary/aromatic N) is 2. The lowest BCUT2D eigenvalue weighted by atomic mass is 9.92. The molecule has 2 aliphatic rings. The minimum absolute atomic E-state index is 0.0939. The molecule has 3 heterocycles. The largest absolute Gasteiger partial charge is 0.371 e. The molecule has 2 aliphatic heterocycles. The quantitative estimate of drug-likeness (QED) is 0.842. The third-order valence-corrected chi connectivity index (χ3v) is 6.26. The number of carbonyl (C=O) groups excluding carboxylic acids is 1. The van der Waals surface area contributed by atoms with Gasteiger partial charge in [0, 0.05) is 30.6 Å². The van der Waals surface area contributed by atoms with Crippen LogP contribution in [-0.2, 0) is 11.3 Å². The summed E-state index contributed by atoms with van der Waals surface area (Å²) in [6, 6.07) is 11.7. The molecule has 4 rings (SSSR count). The molecule has 2 aromatic rings. The molecule has 6 heteroatoms. The zero-order valence-electron chi connectivity index (χ0n) is 13.7. The maximum Gasteiger partial charge on any atom is 0.254 e. The van der Waals surface area contributed by atoms with Gasteiger partial charge in [0.25, 0.3) is 5.91 Å². The van der Waals surface area contributed by atoms with E-state index in [-0.39, 0.29) is 22.6 Å². The molecule has 0 aliphatic carbocycles. The number of rotatable bonds is 4. The van der Waals surface area contributed by atoms with Crippen molar-refractivity contribution in [1.29, 1.82) is 0 Å². The van der Waals surface area contributed by atoms with E-state index in [2.05, 4.69) is 4.98 Å². The fourth-order valence-electron chi connectivity index (χ4n) is 3.41. The van der Waals surface area contributed by atoms with Crippen LogP contribution in [0.2, 0.25) is 0 Å². The molecular formula is C19H19FN2O2S. The average molecular weight is 358 g/mol. The van der Waals surface area contributed by atoms with Crippen LogP contribution in [0.15, 0.2) is 48.7 Å². The van der Waals surface area contributed by atoms with Crippen LogP contribution in [0.3, 0.4) is 0 Å². The molecule has 2 saturated heterocycles. The Morgan fingerprint density at radius 1 is 1.32 bits per heavy atom. The number of amides is 1. The molecular weight excluding hydrogens is 339 g/mol. The highest BCUT2D eigenvalue weighted by Gasteiger charge is 2.51. The predicted molar refractivity (Wildman–Crippen MR) is 94.9 cm³/mol. The van der Waals surface area contributed by atoms with E-state index in [1.165, 1.54) is 12.1 Å². The van der Waals surface area contributed by atoms with E-state index < -0.39 is 0 Å². The summed E-state index contributed by atoms with van der Waals surface area (Å²) in [4.78, 5) is 18.5. The standard InChI is InChI=1S/C19H19FN2O2S/c20-15-5-3-4-14(8-15)18(23)22-12-19(13-22)9-17(11-25-19)24-10-16-6-1-2-7-21-16/h1-8,17H,9-13H2. The maximum atomic E-state index is 13.3. The van der Waals surface area contributed by atoms with Gasteiger partial charge in [-0.15, -0.1) is 11.8 Å². The number of hydrogen-bond donors (Lipinski definition) is 0. The van der Waals surface area contributed by atoms with Crippen molar-refractivity contribution in [2.24, 2.45) is 0 Å². The van der Waals surface area contributed by atoms with E-state index >= 15 is 0 Å². The second-order valence-electron chi connectivity index (χ2n) is 6.62. The van der Waals surface area contributed by atoms with Crippen LogP contribution in [0.5, 0.6) is 0 Å². The van der Waals surface area contributed by atoms with Gasteiger partial charge < -0.3 is 9.64 Å². The number of hydrogen-bond acceptors (Lipinski definition) is 4. The Hall–Kier alpha value is -1.92. The molecule has 1 unspecified atom stereocenters. The van der Waals surface area contributed by atoms with Gasteiger partial charge in [0.15, 0.2) is 0 Å². The minimum atomic E-state index is -0.376. The number of ether oxygens (including phenoxy) is 1. The van der Waals surface area contributed by atoms with Crippen LogP contribution in [0.25, 0.3) is 0 Å². The molecule has 1 amide bonds. The minimum Gasteiger partial charge on any atom is -0.371 e. The van der Waals surface area contributed by atoms with Crippen LogP contribution >= 0.6 is 11.8 Å². The van der Waals surface area contributed by atoms with Gasteiger partial charge in [0.2, 0.25) is 0 Å². The highest BCUT2D eigenvalue weighted by molar-refractivity contribution is 8.01. The normalized spacial score (nSPS) is 21.3. The monoisotopic (exact) mass is 358 g/mol. The van der Waals surface area contributed by atoms with Crippen molar-refractivity contribution < 1.29 is 13.9 Å². The summed E-state index contributed by atoms with van der Waals surface area (Å²) >= 11 is 1.88. The molecule has 1 atom stereocenters. The van der Waals surface area contributed by atoms with Crippen LogP contribution in [0.4, 0.5) is 4.39 Å². The maximum absolute atomic E-state index is 13.3. The smallest absolute Gasteiger partial charge is 0.254 e. The van der Waals surface area contributed by atoms with Crippen LogP contribution in [0, 0.1) is 5.82 Å². The van der Waals surface area contributed by atoms with E-state index in [1.54, 1.807) is 23.2 Å². The SMILES string of the molecule is O=C(c1cccc(F)c1)N1CC2(CC(OCc3ccccn3)CS2)C1. The number of thioether (sulfide) groups is 1. The zero-order chi connectivity index (χ0) is 17.3. The summed E-state index contributed by atoms with van der Waals surface area (Å²) in [5.41, 5.74) is 1.35. The first-order valence-electron chi connectivity index (χ1n) is 8.34. The molecule has 4 nitrogen and oxygen atoms in total. The second kappa shape index (κ2) is 6.77. The van der Waals surface area contributed by atoms with Crippen molar-refractivity contribution >= 4 is 17.7 Å². The number of benzene rings is 1. The predicted octanol–water partition coefficient (Wildman–Crippen LogP) is 3.14. The molecule has 25 heavy (non-hydrogen) atoms. The van der Waals surface area contributed by atoms with Crippen LogP contribution < -0.4 is 0 Å². The van der Waals surface area contributed by atoms with E-state index in [4.69, 9.17) is 4.74 Å². The molecule has 1 aromatic heterocycles. The van der Waals surface area contributed by atoms with Crippen molar-refractivity contribution in [3.63, 3.8) is 0 Å². The van der Waals surface area contributed by atoms with Gasteiger partial charge in [-0.3, -0.25) is 9.78 Å². The third kappa shape index (κ3) is 3.55. The van der Waals surface area contributed by atoms with Gasteiger partial charge in [0.1, 0.15) is 5.82 Å². The van der Waals surface area contributed by atoms with Gasteiger partial charge in [-0.2, -0.15) is 0 Å². The summed E-state index contributed by atoms with van der Waals surface area (Å²) in [5, 5.41) is 0. The Labute approximate surface area is 150 Å². The first kappa shape index (κ1) is 16.5.